The second-order valence-electron chi connectivity index (χ2n) is 7.32. The number of rotatable bonds is 5. The maximum absolute atomic E-state index is 9.82. The lowest BCUT2D eigenvalue weighted by atomic mass is 9.78. The minimum Gasteiger partial charge on any atom is -0.445 e. The van der Waals surface area contributed by atoms with Crippen molar-refractivity contribution in [2.45, 2.75) is 40.0 Å². The fourth-order valence-electron chi connectivity index (χ4n) is 3.89. The van der Waals surface area contributed by atoms with E-state index in [9.17, 15) is 5.26 Å². The summed E-state index contributed by atoms with van der Waals surface area (Å²) < 4.78 is 7.79. The first-order chi connectivity index (χ1) is 13.9. The lowest BCUT2D eigenvalue weighted by molar-refractivity contribution is 0.283. The van der Waals surface area contributed by atoms with Crippen molar-refractivity contribution in [1.82, 2.24) is 9.55 Å². The average Bonchev–Trinajstić information content (AvgIpc) is 3.18. The summed E-state index contributed by atoms with van der Waals surface area (Å²) in [6, 6.07) is 10.4. The van der Waals surface area contributed by atoms with Crippen molar-refractivity contribution in [3.05, 3.63) is 70.8 Å². The maximum Gasteiger partial charge on any atom is 0.205 e. The summed E-state index contributed by atoms with van der Waals surface area (Å²) in [5.41, 5.74) is 10.3. The summed E-state index contributed by atoms with van der Waals surface area (Å²) in [5, 5.41) is 9.82. The number of benzene rings is 1. The van der Waals surface area contributed by atoms with E-state index in [1.165, 1.54) is 0 Å². The van der Waals surface area contributed by atoms with E-state index < -0.39 is 0 Å². The maximum atomic E-state index is 9.82. The third-order valence-electron chi connectivity index (χ3n) is 5.21. The van der Waals surface area contributed by atoms with E-state index in [0.29, 0.717) is 11.3 Å². The number of allylic oxidation sites excluding steroid dienone is 3. The van der Waals surface area contributed by atoms with Crippen LogP contribution in [0, 0.1) is 17.2 Å². The molecule has 0 aliphatic carbocycles. The predicted molar refractivity (Wildman–Crippen MR) is 114 cm³/mol. The van der Waals surface area contributed by atoms with Crippen molar-refractivity contribution in [1.29, 1.82) is 5.26 Å². The Morgan fingerprint density at radius 1 is 1.34 bits per heavy atom. The second-order valence-corrected chi connectivity index (χ2v) is 7.32. The van der Waals surface area contributed by atoms with Crippen LogP contribution < -0.4 is 5.73 Å². The van der Waals surface area contributed by atoms with Crippen molar-refractivity contribution >= 4 is 5.71 Å². The SMILES string of the molecule is CCc1nccn1-c1ccc(C2C(C#N)=C(N)OC(C)=C2C(=NC)C(C)C)cc1. The molecule has 1 unspecified atom stereocenters. The molecule has 1 aromatic carbocycles. The average molecular weight is 390 g/mol. The van der Waals surface area contributed by atoms with E-state index >= 15 is 0 Å². The number of ether oxygens (including phenoxy) is 1. The van der Waals surface area contributed by atoms with Crippen LogP contribution in [0.5, 0.6) is 0 Å². The number of aryl methyl sites for hydroxylation is 1. The van der Waals surface area contributed by atoms with E-state index in [2.05, 4.69) is 41.4 Å². The molecule has 0 spiro atoms. The highest BCUT2D eigenvalue weighted by molar-refractivity contribution is 6.04. The molecule has 6 heteroatoms. The van der Waals surface area contributed by atoms with Crippen molar-refractivity contribution in [3.63, 3.8) is 0 Å². The van der Waals surface area contributed by atoms with Crippen LogP contribution in [-0.2, 0) is 11.2 Å². The molecule has 29 heavy (non-hydrogen) atoms. The van der Waals surface area contributed by atoms with Crippen molar-refractivity contribution in [3.8, 4) is 11.8 Å². The zero-order chi connectivity index (χ0) is 21.1. The Balaban J connectivity index is 2.11. The van der Waals surface area contributed by atoms with Crippen molar-refractivity contribution < 1.29 is 4.74 Å². The first kappa shape index (κ1) is 20.4. The van der Waals surface area contributed by atoms with Gasteiger partial charge in [-0.05, 0) is 30.5 Å². The van der Waals surface area contributed by atoms with Crippen molar-refractivity contribution in [2.24, 2.45) is 16.6 Å². The quantitative estimate of drug-likeness (QED) is 0.775. The summed E-state index contributed by atoms with van der Waals surface area (Å²) in [5.74, 6) is 1.73. The van der Waals surface area contributed by atoms with E-state index in [-0.39, 0.29) is 17.7 Å². The topological polar surface area (TPSA) is 89.2 Å². The molecule has 6 nitrogen and oxygen atoms in total. The third kappa shape index (κ3) is 3.68. The highest BCUT2D eigenvalue weighted by atomic mass is 16.5. The summed E-state index contributed by atoms with van der Waals surface area (Å²) in [7, 11) is 1.77. The number of nitriles is 1. The number of hydrogen-bond donors (Lipinski definition) is 1. The molecule has 1 aromatic heterocycles. The van der Waals surface area contributed by atoms with Gasteiger partial charge in [0.05, 0.1) is 5.92 Å². The fraction of sp³-hybridized carbons (Fsp3) is 0.348. The molecule has 0 saturated carbocycles. The van der Waals surface area contributed by atoms with Gasteiger partial charge in [0.1, 0.15) is 23.2 Å². The lowest BCUT2D eigenvalue weighted by Gasteiger charge is -2.30. The zero-order valence-electron chi connectivity index (χ0n) is 17.6. The van der Waals surface area contributed by atoms with Gasteiger partial charge in [0, 0.05) is 42.8 Å². The molecular weight excluding hydrogens is 362 g/mol. The molecule has 2 aromatic rings. The molecule has 2 heterocycles. The minimum absolute atomic E-state index is 0.157. The molecule has 0 amide bonds. The summed E-state index contributed by atoms with van der Waals surface area (Å²) in [6.07, 6.45) is 4.61. The van der Waals surface area contributed by atoms with Gasteiger partial charge in [0.15, 0.2) is 0 Å². The number of hydrogen-bond acceptors (Lipinski definition) is 5. The molecular formula is C23H27N5O. The van der Waals surface area contributed by atoms with E-state index in [4.69, 9.17) is 10.5 Å². The molecule has 1 atom stereocenters. The van der Waals surface area contributed by atoms with Gasteiger partial charge in [0.2, 0.25) is 5.88 Å². The summed E-state index contributed by atoms with van der Waals surface area (Å²) in [4.78, 5) is 8.90. The Morgan fingerprint density at radius 3 is 2.59 bits per heavy atom. The van der Waals surface area contributed by atoms with Crippen LogP contribution in [0.1, 0.15) is 45.0 Å². The predicted octanol–water partition coefficient (Wildman–Crippen LogP) is 4.24. The summed E-state index contributed by atoms with van der Waals surface area (Å²) in [6.45, 7) is 8.13. The van der Waals surface area contributed by atoms with Gasteiger partial charge in [-0.2, -0.15) is 5.26 Å². The van der Waals surface area contributed by atoms with Crippen LogP contribution in [0.2, 0.25) is 0 Å². The van der Waals surface area contributed by atoms with Crippen LogP contribution in [0.15, 0.2) is 64.4 Å². The first-order valence-electron chi connectivity index (χ1n) is 9.80. The van der Waals surface area contributed by atoms with Gasteiger partial charge in [-0.1, -0.05) is 32.9 Å². The molecule has 1 aliphatic heterocycles. The number of imidazole rings is 1. The number of nitrogens with two attached hydrogens (primary N) is 1. The minimum atomic E-state index is -0.308. The Hall–Kier alpha value is -3.33. The van der Waals surface area contributed by atoms with E-state index in [1.54, 1.807) is 13.2 Å². The molecule has 0 bridgehead atoms. The van der Waals surface area contributed by atoms with Gasteiger partial charge < -0.3 is 15.0 Å². The third-order valence-corrected chi connectivity index (χ3v) is 5.21. The van der Waals surface area contributed by atoms with Crippen LogP contribution in [-0.4, -0.2) is 22.3 Å². The summed E-state index contributed by atoms with van der Waals surface area (Å²) >= 11 is 0. The Kier molecular flexibility index (Phi) is 5.88. The molecule has 0 fully saturated rings. The van der Waals surface area contributed by atoms with Crippen LogP contribution in [0.25, 0.3) is 5.69 Å². The Labute approximate surface area is 172 Å². The molecule has 0 saturated heterocycles. The van der Waals surface area contributed by atoms with Gasteiger partial charge in [-0.25, -0.2) is 4.98 Å². The van der Waals surface area contributed by atoms with Gasteiger partial charge in [-0.3, -0.25) is 4.99 Å². The molecule has 0 radical (unpaired) electrons. The standard InChI is InChI=1S/C23H27N5O/c1-6-19-27-11-12-28(19)17-9-7-16(8-10-17)21-18(13-24)23(25)29-15(4)20(21)22(26-5)14(2)3/h7-12,14,21H,6,25H2,1-5H3. The van der Waals surface area contributed by atoms with E-state index in [0.717, 1.165) is 34.8 Å². The highest BCUT2D eigenvalue weighted by Gasteiger charge is 2.34. The lowest BCUT2D eigenvalue weighted by Crippen LogP contribution is -2.26. The zero-order valence-corrected chi connectivity index (χ0v) is 17.6. The van der Waals surface area contributed by atoms with Crippen LogP contribution >= 0.6 is 0 Å². The highest BCUT2D eigenvalue weighted by Crippen LogP contribution is 2.41. The smallest absolute Gasteiger partial charge is 0.205 e. The Morgan fingerprint density at radius 2 is 2.03 bits per heavy atom. The van der Waals surface area contributed by atoms with Gasteiger partial charge in [-0.15, -0.1) is 0 Å². The van der Waals surface area contributed by atoms with Crippen LogP contribution in [0.3, 0.4) is 0 Å². The van der Waals surface area contributed by atoms with Crippen molar-refractivity contribution in [2.75, 3.05) is 7.05 Å². The van der Waals surface area contributed by atoms with Crippen LogP contribution in [0.4, 0.5) is 0 Å². The van der Waals surface area contributed by atoms with Gasteiger partial charge in [0.25, 0.3) is 0 Å². The normalized spacial score (nSPS) is 17.6. The monoisotopic (exact) mass is 389 g/mol. The molecule has 2 N–H and O–H groups in total. The second kappa shape index (κ2) is 8.36. The van der Waals surface area contributed by atoms with E-state index in [1.807, 2.05) is 37.4 Å². The molecule has 150 valence electrons. The number of aromatic nitrogens is 2. The largest absolute Gasteiger partial charge is 0.445 e. The molecule has 3 rings (SSSR count). The van der Waals surface area contributed by atoms with Gasteiger partial charge >= 0.3 is 0 Å². The molecule has 1 aliphatic rings. The Bertz CT molecular complexity index is 1030. The fourth-order valence-corrected chi connectivity index (χ4v) is 3.89. The number of nitrogens with zero attached hydrogens (tertiary/aromatic N) is 4. The number of aliphatic imine (C=N–C) groups is 1. The first-order valence-corrected chi connectivity index (χ1v) is 9.80.